The molecule has 1 saturated heterocycles. The van der Waals surface area contributed by atoms with Crippen LogP contribution in [0, 0.1) is 0 Å². The van der Waals surface area contributed by atoms with Crippen LogP contribution in [0.15, 0.2) is 23.1 Å². The van der Waals surface area contributed by atoms with Crippen LogP contribution in [0.2, 0.25) is 0 Å². The minimum Gasteiger partial charge on any atom is -0.378 e. The average molecular weight is 238 g/mol. The van der Waals surface area contributed by atoms with Gasteiger partial charge in [-0.1, -0.05) is 6.07 Å². The first-order valence-electron chi connectivity index (χ1n) is 5.55. The SMILES string of the molecule is CSc1cccc(N2CCOCC2)c1CN. The van der Waals surface area contributed by atoms with Gasteiger partial charge in [-0.25, -0.2) is 0 Å². The first kappa shape index (κ1) is 11.8. The number of ether oxygens (including phenoxy) is 1. The van der Waals surface area contributed by atoms with E-state index < -0.39 is 0 Å². The van der Waals surface area contributed by atoms with Crippen LogP contribution in [0.1, 0.15) is 5.56 Å². The molecule has 1 aromatic rings. The molecule has 1 aliphatic heterocycles. The normalized spacial score (nSPS) is 16.5. The van der Waals surface area contributed by atoms with Gasteiger partial charge in [0.05, 0.1) is 13.2 Å². The predicted molar refractivity (Wildman–Crippen MR) is 69.1 cm³/mol. The molecule has 1 aromatic carbocycles. The van der Waals surface area contributed by atoms with Crippen molar-refractivity contribution in [3.8, 4) is 0 Å². The van der Waals surface area contributed by atoms with Crippen molar-refractivity contribution in [1.29, 1.82) is 0 Å². The summed E-state index contributed by atoms with van der Waals surface area (Å²) in [5.41, 5.74) is 8.40. The van der Waals surface area contributed by atoms with Gasteiger partial charge in [0.15, 0.2) is 0 Å². The van der Waals surface area contributed by atoms with Crippen molar-refractivity contribution in [2.45, 2.75) is 11.4 Å². The van der Waals surface area contributed by atoms with Gasteiger partial charge in [0.2, 0.25) is 0 Å². The van der Waals surface area contributed by atoms with Crippen molar-refractivity contribution in [1.82, 2.24) is 0 Å². The Morgan fingerprint density at radius 1 is 1.38 bits per heavy atom. The van der Waals surface area contributed by atoms with Crippen LogP contribution in [0.4, 0.5) is 5.69 Å². The van der Waals surface area contributed by atoms with Gasteiger partial charge in [-0.15, -0.1) is 11.8 Å². The molecule has 0 radical (unpaired) electrons. The largest absolute Gasteiger partial charge is 0.378 e. The second-order valence-electron chi connectivity index (χ2n) is 3.76. The second-order valence-corrected chi connectivity index (χ2v) is 4.61. The predicted octanol–water partition coefficient (Wildman–Crippen LogP) is 1.70. The Kier molecular flexibility index (Phi) is 4.09. The summed E-state index contributed by atoms with van der Waals surface area (Å²) in [6, 6.07) is 6.40. The lowest BCUT2D eigenvalue weighted by Crippen LogP contribution is -2.37. The van der Waals surface area contributed by atoms with Gasteiger partial charge >= 0.3 is 0 Å². The van der Waals surface area contributed by atoms with Crippen molar-refractivity contribution in [2.24, 2.45) is 5.73 Å². The zero-order chi connectivity index (χ0) is 11.4. The molecule has 1 heterocycles. The summed E-state index contributed by atoms with van der Waals surface area (Å²) in [5.74, 6) is 0. The van der Waals surface area contributed by atoms with Crippen LogP contribution in [-0.4, -0.2) is 32.6 Å². The fraction of sp³-hybridized carbons (Fsp3) is 0.500. The number of hydrogen-bond donors (Lipinski definition) is 1. The maximum Gasteiger partial charge on any atom is 0.0642 e. The fourth-order valence-corrected chi connectivity index (χ4v) is 2.70. The summed E-state index contributed by atoms with van der Waals surface area (Å²) in [7, 11) is 0. The molecule has 0 aromatic heterocycles. The highest BCUT2D eigenvalue weighted by atomic mass is 32.2. The summed E-state index contributed by atoms with van der Waals surface area (Å²) < 4.78 is 5.37. The van der Waals surface area contributed by atoms with Crippen LogP contribution < -0.4 is 10.6 Å². The van der Waals surface area contributed by atoms with Gasteiger partial charge in [0, 0.05) is 35.8 Å². The van der Waals surface area contributed by atoms with E-state index in [9.17, 15) is 0 Å². The number of rotatable bonds is 3. The molecule has 2 rings (SSSR count). The van der Waals surface area contributed by atoms with Crippen LogP contribution in [0.25, 0.3) is 0 Å². The van der Waals surface area contributed by atoms with E-state index in [1.807, 2.05) is 0 Å². The van der Waals surface area contributed by atoms with Crippen molar-refractivity contribution in [3.63, 3.8) is 0 Å². The smallest absolute Gasteiger partial charge is 0.0642 e. The van der Waals surface area contributed by atoms with Crippen molar-refractivity contribution in [2.75, 3.05) is 37.5 Å². The first-order valence-corrected chi connectivity index (χ1v) is 6.78. The van der Waals surface area contributed by atoms with Crippen LogP contribution in [0.5, 0.6) is 0 Å². The lowest BCUT2D eigenvalue weighted by atomic mass is 10.1. The number of thioether (sulfide) groups is 1. The van der Waals surface area contributed by atoms with E-state index >= 15 is 0 Å². The van der Waals surface area contributed by atoms with E-state index in [4.69, 9.17) is 10.5 Å². The molecule has 1 fully saturated rings. The van der Waals surface area contributed by atoms with E-state index in [0.717, 1.165) is 26.3 Å². The molecular weight excluding hydrogens is 220 g/mol. The third kappa shape index (κ3) is 2.34. The number of benzene rings is 1. The quantitative estimate of drug-likeness (QED) is 0.814. The molecule has 4 heteroatoms. The molecule has 0 spiro atoms. The Bertz CT molecular complexity index is 351. The fourth-order valence-electron chi connectivity index (χ4n) is 2.05. The maximum atomic E-state index is 5.86. The molecule has 0 amide bonds. The molecule has 0 unspecified atom stereocenters. The number of anilines is 1. The van der Waals surface area contributed by atoms with Crippen LogP contribution in [0.3, 0.4) is 0 Å². The summed E-state index contributed by atoms with van der Waals surface area (Å²) >= 11 is 1.76. The van der Waals surface area contributed by atoms with Crippen molar-refractivity contribution in [3.05, 3.63) is 23.8 Å². The Hall–Kier alpha value is -0.710. The molecule has 2 N–H and O–H groups in total. The second kappa shape index (κ2) is 5.57. The lowest BCUT2D eigenvalue weighted by molar-refractivity contribution is 0.122. The first-order chi connectivity index (χ1) is 7.86. The Morgan fingerprint density at radius 2 is 2.12 bits per heavy atom. The Balaban J connectivity index is 2.30. The molecule has 88 valence electrons. The van der Waals surface area contributed by atoms with Gasteiger partial charge in [-0.2, -0.15) is 0 Å². The lowest BCUT2D eigenvalue weighted by Gasteiger charge is -2.31. The maximum absolute atomic E-state index is 5.86. The third-order valence-electron chi connectivity index (χ3n) is 2.88. The standard InChI is InChI=1S/C12H18N2OS/c1-16-12-4-2-3-11(10(12)9-13)14-5-7-15-8-6-14/h2-4H,5-9,13H2,1H3. The number of nitrogens with two attached hydrogens (primary N) is 1. The minimum atomic E-state index is 0.601. The van der Waals surface area contributed by atoms with Gasteiger partial charge in [0.25, 0.3) is 0 Å². The molecule has 0 atom stereocenters. The summed E-state index contributed by atoms with van der Waals surface area (Å²) in [6.45, 7) is 4.15. The zero-order valence-corrected chi connectivity index (χ0v) is 10.4. The highest BCUT2D eigenvalue weighted by Crippen LogP contribution is 2.29. The highest BCUT2D eigenvalue weighted by molar-refractivity contribution is 7.98. The van der Waals surface area contributed by atoms with Crippen molar-refractivity contribution >= 4 is 17.4 Å². The monoisotopic (exact) mass is 238 g/mol. The topological polar surface area (TPSA) is 38.5 Å². The average Bonchev–Trinajstić information content (AvgIpc) is 2.38. The Labute approximate surface area is 101 Å². The van der Waals surface area contributed by atoms with Gasteiger partial charge < -0.3 is 15.4 Å². The van der Waals surface area contributed by atoms with E-state index in [0.29, 0.717) is 6.54 Å². The molecule has 0 aliphatic carbocycles. The molecule has 1 aliphatic rings. The number of morpholine rings is 1. The molecule has 16 heavy (non-hydrogen) atoms. The van der Waals surface area contributed by atoms with Crippen molar-refractivity contribution < 1.29 is 4.74 Å². The van der Waals surface area contributed by atoms with E-state index in [-0.39, 0.29) is 0 Å². The number of nitrogens with zero attached hydrogens (tertiary/aromatic N) is 1. The Morgan fingerprint density at radius 3 is 2.75 bits per heavy atom. The summed E-state index contributed by atoms with van der Waals surface area (Å²) in [4.78, 5) is 3.65. The molecule has 0 saturated carbocycles. The van der Waals surface area contributed by atoms with Crippen LogP contribution in [-0.2, 0) is 11.3 Å². The van der Waals surface area contributed by atoms with Gasteiger partial charge in [-0.05, 0) is 18.4 Å². The highest BCUT2D eigenvalue weighted by Gasteiger charge is 2.15. The van der Waals surface area contributed by atoms with Gasteiger partial charge in [0.1, 0.15) is 0 Å². The molecular formula is C12H18N2OS. The van der Waals surface area contributed by atoms with E-state index in [1.165, 1.54) is 16.1 Å². The summed E-state index contributed by atoms with van der Waals surface area (Å²) in [5, 5.41) is 0. The zero-order valence-electron chi connectivity index (χ0n) is 9.61. The van der Waals surface area contributed by atoms with Gasteiger partial charge in [-0.3, -0.25) is 0 Å². The summed E-state index contributed by atoms with van der Waals surface area (Å²) in [6.07, 6.45) is 2.09. The minimum absolute atomic E-state index is 0.601. The number of hydrogen-bond acceptors (Lipinski definition) is 4. The van der Waals surface area contributed by atoms with Crippen LogP contribution >= 0.6 is 11.8 Å². The van der Waals surface area contributed by atoms with E-state index in [1.54, 1.807) is 11.8 Å². The molecule has 3 nitrogen and oxygen atoms in total. The molecule has 0 bridgehead atoms. The third-order valence-corrected chi connectivity index (χ3v) is 3.71. The van der Waals surface area contributed by atoms with E-state index in [2.05, 4.69) is 29.4 Å².